The van der Waals surface area contributed by atoms with Crippen LogP contribution in [0, 0.1) is 0 Å². The standard InChI is InChI=1S/C21H15ClF3N3O4S/c22-17-6-1-2-7-18(17)28-33(31,32)16-5-3-4-14(12-16)20(30)27-26-19(29)13-8-10-15(11-9-13)21(23,24)25/h1-12,28H,(H,26,29)(H,27,30). The molecule has 0 bridgehead atoms. The molecule has 0 atom stereocenters. The molecule has 2 amide bonds. The van der Waals surface area contributed by atoms with E-state index in [1.54, 1.807) is 12.1 Å². The minimum atomic E-state index is -4.55. The average molecular weight is 498 g/mol. The first kappa shape index (κ1) is 24.1. The minimum absolute atomic E-state index is 0.0928. The third-order valence-electron chi connectivity index (χ3n) is 4.29. The summed E-state index contributed by atoms with van der Waals surface area (Å²) in [5, 5.41) is 0.181. The Bertz CT molecular complexity index is 1300. The summed E-state index contributed by atoms with van der Waals surface area (Å²) >= 11 is 5.96. The molecular formula is C21H15ClF3N3O4S. The van der Waals surface area contributed by atoms with E-state index >= 15 is 0 Å². The van der Waals surface area contributed by atoms with E-state index in [9.17, 15) is 31.2 Å². The van der Waals surface area contributed by atoms with Gasteiger partial charge in [0.25, 0.3) is 21.8 Å². The van der Waals surface area contributed by atoms with Gasteiger partial charge in [-0.05, 0) is 54.6 Å². The van der Waals surface area contributed by atoms with E-state index in [2.05, 4.69) is 15.6 Å². The molecule has 3 aromatic carbocycles. The molecule has 0 radical (unpaired) electrons. The van der Waals surface area contributed by atoms with Crippen LogP contribution in [0.4, 0.5) is 18.9 Å². The average Bonchev–Trinajstić information content (AvgIpc) is 2.78. The van der Waals surface area contributed by atoms with Crippen molar-refractivity contribution < 1.29 is 31.2 Å². The number of rotatable bonds is 5. The minimum Gasteiger partial charge on any atom is -0.278 e. The number of anilines is 1. The van der Waals surface area contributed by atoms with Crippen LogP contribution in [-0.2, 0) is 16.2 Å². The van der Waals surface area contributed by atoms with E-state index in [1.165, 1.54) is 30.3 Å². The van der Waals surface area contributed by atoms with Gasteiger partial charge in [0.1, 0.15) is 0 Å². The Labute approximate surface area is 191 Å². The maximum absolute atomic E-state index is 12.6. The van der Waals surface area contributed by atoms with Gasteiger partial charge in [0.15, 0.2) is 0 Å². The number of para-hydroxylation sites is 1. The Balaban J connectivity index is 1.68. The van der Waals surface area contributed by atoms with Crippen LogP contribution in [0.2, 0.25) is 5.02 Å². The number of hydrazine groups is 1. The molecule has 12 heteroatoms. The van der Waals surface area contributed by atoms with E-state index < -0.39 is 33.6 Å². The normalized spacial score (nSPS) is 11.5. The predicted molar refractivity (Wildman–Crippen MR) is 115 cm³/mol. The molecule has 0 spiro atoms. The molecule has 0 aliphatic carbocycles. The van der Waals surface area contributed by atoms with Gasteiger partial charge in [-0.15, -0.1) is 0 Å². The number of alkyl halides is 3. The lowest BCUT2D eigenvalue weighted by atomic mass is 10.1. The molecule has 3 N–H and O–H groups in total. The van der Waals surface area contributed by atoms with Crippen molar-refractivity contribution in [2.45, 2.75) is 11.1 Å². The van der Waals surface area contributed by atoms with E-state index in [-0.39, 0.29) is 26.7 Å². The van der Waals surface area contributed by atoms with Crippen LogP contribution >= 0.6 is 11.6 Å². The first-order valence-electron chi connectivity index (χ1n) is 9.13. The second-order valence-electron chi connectivity index (χ2n) is 6.60. The van der Waals surface area contributed by atoms with Crippen molar-refractivity contribution in [1.29, 1.82) is 0 Å². The third-order valence-corrected chi connectivity index (χ3v) is 5.98. The largest absolute Gasteiger partial charge is 0.416 e. The van der Waals surface area contributed by atoms with E-state index in [0.29, 0.717) is 0 Å². The molecule has 3 aromatic rings. The zero-order chi connectivity index (χ0) is 24.2. The molecule has 0 saturated carbocycles. The number of nitrogens with one attached hydrogen (secondary N) is 3. The quantitative estimate of drug-likeness (QED) is 0.459. The summed E-state index contributed by atoms with van der Waals surface area (Å²) in [6.45, 7) is 0. The number of hydrogen-bond donors (Lipinski definition) is 3. The van der Waals surface area contributed by atoms with Gasteiger partial charge < -0.3 is 0 Å². The highest BCUT2D eigenvalue weighted by Crippen LogP contribution is 2.29. The summed E-state index contributed by atoms with van der Waals surface area (Å²) in [5.74, 6) is -1.70. The Morgan fingerprint density at radius 2 is 1.39 bits per heavy atom. The highest BCUT2D eigenvalue weighted by Gasteiger charge is 2.30. The van der Waals surface area contributed by atoms with Crippen molar-refractivity contribution in [2.75, 3.05) is 4.72 Å². The number of amides is 2. The monoisotopic (exact) mass is 497 g/mol. The summed E-state index contributed by atoms with van der Waals surface area (Å²) in [6, 6.07) is 14.5. The fraction of sp³-hybridized carbons (Fsp3) is 0.0476. The molecule has 0 aromatic heterocycles. The van der Waals surface area contributed by atoms with Crippen molar-refractivity contribution in [3.05, 3.63) is 94.5 Å². The lowest BCUT2D eigenvalue weighted by molar-refractivity contribution is -0.137. The lowest BCUT2D eigenvalue weighted by Gasteiger charge is -2.11. The summed E-state index contributed by atoms with van der Waals surface area (Å²) < 4.78 is 65.4. The molecule has 0 fully saturated rings. The van der Waals surface area contributed by atoms with Gasteiger partial charge in [0.2, 0.25) is 0 Å². The zero-order valence-electron chi connectivity index (χ0n) is 16.5. The molecule has 0 aliphatic rings. The van der Waals surface area contributed by atoms with Crippen molar-refractivity contribution in [2.24, 2.45) is 0 Å². The molecule has 7 nitrogen and oxygen atoms in total. The van der Waals surface area contributed by atoms with Gasteiger partial charge in [0, 0.05) is 11.1 Å². The number of benzene rings is 3. The first-order chi connectivity index (χ1) is 15.5. The summed E-state index contributed by atoms with van der Waals surface area (Å²) in [7, 11) is -4.08. The van der Waals surface area contributed by atoms with Crippen LogP contribution < -0.4 is 15.6 Å². The third kappa shape index (κ3) is 6.02. The molecule has 3 rings (SSSR count). The maximum atomic E-state index is 12.6. The Hall–Kier alpha value is -3.57. The molecule has 0 aliphatic heterocycles. The number of carbonyl (C=O) groups excluding carboxylic acids is 2. The van der Waals surface area contributed by atoms with Gasteiger partial charge in [-0.1, -0.05) is 29.8 Å². The highest BCUT2D eigenvalue weighted by atomic mass is 35.5. The predicted octanol–water partition coefficient (Wildman–Crippen LogP) is 4.23. The second-order valence-corrected chi connectivity index (χ2v) is 8.69. The van der Waals surface area contributed by atoms with Gasteiger partial charge in [-0.3, -0.25) is 25.2 Å². The highest BCUT2D eigenvalue weighted by molar-refractivity contribution is 7.92. The smallest absolute Gasteiger partial charge is 0.278 e. The SMILES string of the molecule is O=C(NNC(=O)c1cccc(S(=O)(=O)Nc2ccccc2Cl)c1)c1ccc(C(F)(F)F)cc1. The fourth-order valence-electron chi connectivity index (χ4n) is 2.62. The number of halogens is 4. The zero-order valence-corrected chi connectivity index (χ0v) is 18.1. The molecule has 33 heavy (non-hydrogen) atoms. The van der Waals surface area contributed by atoms with Crippen LogP contribution in [0.5, 0.6) is 0 Å². The van der Waals surface area contributed by atoms with Crippen LogP contribution in [-0.4, -0.2) is 20.2 Å². The van der Waals surface area contributed by atoms with Crippen LogP contribution in [0.1, 0.15) is 26.3 Å². The van der Waals surface area contributed by atoms with Crippen molar-refractivity contribution >= 4 is 39.1 Å². The molecule has 172 valence electrons. The topological polar surface area (TPSA) is 104 Å². The van der Waals surface area contributed by atoms with Crippen LogP contribution in [0.15, 0.2) is 77.7 Å². The summed E-state index contributed by atoms with van der Waals surface area (Å²) in [5.41, 5.74) is 3.15. The number of sulfonamides is 1. The Morgan fingerprint density at radius 3 is 2.00 bits per heavy atom. The van der Waals surface area contributed by atoms with E-state index in [4.69, 9.17) is 11.6 Å². The molecule has 0 heterocycles. The number of hydrogen-bond acceptors (Lipinski definition) is 4. The first-order valence-corrected chi connectivity index (χ1v) is 11.0. The van der Waals surface area contributed by atoms with Gasteiger partial charge in [-0.2, -0.15) is 13.2 Å². The number of carbonyl (C=O) groups is 2. The summed E-state index contributed by atoms with van der Waals surface area (Å²) in [6.07, 6.45) is -4.55. The second kappa shape index (κ2) is 9.51. The Kier molecular flexibility index (Phi) is 6.94. The van der Waals surface area contributed by atoms with E-state index in [0.717, 1.165) is 30.3 Å². The molecule has 0 saturated heterocycles. The summed E-state index contributed by atoms with van der Waals surface area (Å²) in [4.78, 5) is 24.2. The van der Waals surface area contributed by atoms with Gasteiger partial charge >= 0.3 is 6.18 Å². The lowest BCUT2D eigenvalue weighted by Crippen LogP contribution is -2.41. The van der Waals surface area contributed by atoms with Gasteiger partial charge in [-0.25, -0.2) is 8.42 Å². The van der Waals surface area contributed by atoms with Crippen molar-refractivity contribution in [3.8, 4) is 0 Å². The molecule has 0 unspecified atom stereocenters. The van der Waals surface area contributed by atoms with Crippen molar-refractivity contribution in [3.63, 3.8) is 0 Å². The Morgan fingerprint density at radius 1 is 0.788 bits per heavy atom. The van der Waals surface area contributed by atoms with Crippen LogP contribution in [0.25, 0.3) is 0 Å². The fourth-order valence-corrected chi connectivity index (χ4v) is 3.98. The van der Waals surface area contributed by atoms with Crippen molar-refractivity contribution in [1.82, 2.24) is 10.9 Å². The van der Waals surface area contributed by atoms with Gasteiger partial charge in [0.05, 0.1) is 21.2 Å². The maximum Gasteiger partial charge on any atom is 0.416 e. The molecular weight excluding hydrogens is 483 g/mol. The van der Waals surface area contributed by atoms with Crippen LogP contribution in [0.3, 0.4) is 0 Å². The van der Waals surface area contributed by atoms with E-state index in [1.807, 2.05) is 0 Å².